The van der Waals surface area contributed by atoms with Crippen LogP contribution in [0.5, 0.6) is 0 Å². The van der Waals surface area contributed by atoms with Crippen molar-refractivity contribution in [3.8, 4) is 0 Å². The van der Waals surface area contributed by atoms with Crippen molar-refractivity contribution in [3.05, 3.63) is 21.9 Å². The third kappa shape index (κ3) is 1.85. The summed E-state index contributed by atoms with van der Waals surface area (Å²) in [6, 6.07) is 2.39. The maximum atomic E-state index is 10.4. The van der Waals surface area contributed by atoms with Gasteiger partial charge >= 0.3 is 0 Å². The van der Waals surface area contributed by atoms with Crippen LogP contribution in [0.15, 0.2) is 11.4 Å². The van der Waals surface area contributed by atoms with Crippen molar-refractivity contribution in [2.24, 2.45) is 5.73 Å². The van der Waals surface area contributed by atoms with Crippen molar-refractivity contribution in [2.75, 3.05) is 0 Å². The highest BCUT2D eigenvalue weighted by Gasteiger charge is 2.34. The first-order chi connectivity index (χ1) is 6.60. The van der Waals surface area contributed by atoms with E-state index in [9.17, 15) is 5.11 Å². The molecule has 1 aliphatic carbocycles. The van der Waals surface area contributed by atoms with Gasteiger partial charge in [-0.3, -0.25) is 0 Å². The van der Waals surface area contributed by atoms with E-state index in [0.29, 0.717) is 0 Å². The summed E-state index contributed by atoms with van der Waals surface area (Å²) in [5, 5.41) is 12.5. The Labute approximate surface area is 88.8 Å². The summed E-state index contributed by atoms with van der Waals surface area (Å²) in [6.45, 7) is 2.08. The first-order valence-corrected chi connectivity index (χ1v) is 6.02. The summed E-state index contributed by atoms with van der Waals surface area (Å²) < 4.78 is 0. The standard InChI is InChI=1S/C11H17NOS/c1-8-6-9(7-14-8)11(13)4-2-10(12)3-5-11/h6-7,10,13H,2-5,12H2,1H3. The van der Waals surface area contributed by atoms with Gasteiger partial charge in [-0.25, -0.2) is 0 Å². The van der Waals surface area contributed by atoms with Gasteiger partial charge in [0.05, 0.1) is 5.60 Å². The minimum atomic E-state index is -0.597. The van der Waals surface area contributed by atoms with E-state index in [4.69, 9.17) is 5.73 Å². The molecule has 1 fully saturated rings. The Morgan fingerprint density at radius 3 is 2.64 bits per heavy atom. The van der Waals surface area contributed by atoms with E-state index >= 15 is 0 Å². The predicted molar refractivity (Wildman–Crippen MR) is 59.4 cm³/mol. The van der Waals surface area contributed by atoms with Gasteiger partial charge in [0.15, 0.2) is 0 Å². The zero-order valence-electron chi connectivity index (χ0n) is 8.49. The summed E-state index contributed by atoms with van der Waals surface area (Å²) >= 11 is 1.71. The van der Waals surface area contributed by atoms with E-state index in [1.165, 1.54) is 4.88 Å². The molecule has 0 aliphatic heterocycles. The normalized spacial score (nSPS) is 33.2. The van der Waals surface area contributed by atoms with E-state index in [-0.39, 0.29) is 6.04 Å². The Balaban J connectivity index is 2.16. The monoisotopic (exact) mass is 211 g/mol. The zero-order chi connectivity index (χ0) is 10.2. The molecular weight excluding hydrogens is 194 g/mol. The summed E-state index contributed by atoms with van der Waals surface area (Å²) in [4.78, 5) is 1.27. The maximum Gasteiger partial charge on any atom is 0.0905 e. The lowest BCUT2D eigenvalue weighted by Gasteiger charge is -2.34. The molecule has 0 saturated heterocycles. The van der Waals surface area contributed by atoms with Gasteiger partial charge in [-0.15, -0.1) is 11.3 Å². The Morgan fingerprint density at radius 1 is 1.50 bits per heavy atom. The van der Waals surface area contributed by atoms with Crippen molar-refractivity contribution < 1.29 is 5.11 Å². The van der Waals surface area contributed by atoms with Gasteiger partial charge in [0, 0.05) is 10.9 Å². The number of aryl methyl sites for hydroxylation is 1. The van der Waals surface area contributed by atoms with E-state index in [1.807, 2.05) is 0 Å². The second-order valence-electron chi connectivity index (χ2n) is 4.32. The summed E-state index contributed by atoms with van der Waals surface area (Å²) in [5.74, 6) is 0. The average molecular weight is 211 g/mol. The van der Waals surface area contributed by atoms with Gasteiger partial charge in [0.1, 0.15) is 0 Å². The second-order valence-corrected chi connectivity index (χ2v) is 5.43. The molecule has 2 rings (SSSR count). The van der Waals surface area contributed by atoms with Crippen molar-refractivity contribution in [1.29, 1.82) is 0 Å². The largest absolute Gasteiger partial charge is 0.385 e. The molecule has 0 aromatic carbocycles. The topological polar surface area (TPSA) is 46.2 Å². The fourth-order valence-corrected chi connectivity index (χ4v) is 2.89. The average Bonchev–Trinajstić information content (AvgIpc) is 2.58. The Kier molecular flexibility index (Phi) is 2.64. The van der Waals surface area contributed by atoms with Crippen LogP contribution in [-0.4, -0.2) is 11.1 Å². The second kappa shape index (κ2) is 3.65. The van der Waals surface area contributed by atoms with Crippen LogP contribution in [0.4, 0.5) is 0 Å². The SMILES string of the molecule is Cc1cc(C2(O)CCC(N)CC2)cs1. The van der Waals surface area contributed by atoms with Crippen molar-refractivity contribution in [2.45, 2.75) is 44.2 Å². The smallest absolute Gasteiger partial charge is 0.0905 e. The van der Waals surface area contributed by atoms with Crippen LogP contribution in [0.3, 0.4) is 0 Å². The van der Waals surface area contributed by atoms with Crippen molar-refractivity contribution >= 4 is 11.3 Å². The van der Waals surface area contributed by atoms with Crippen LogP contribution in [0.1, 0.15) is 36.1 Å². The molecule has 1 saturated carbocycles. The van der Waals surface area contributed by atoms with Gasteiger partial charge < -0.3 is 10.8 Å². The molecule has 0 unspecified atom stereocenters. The molecule has 0 atom stereocenters. The molecule has 0 amide bonds. The van der Waals surface area contributed by atoms with Crippen LogP contribution in [0.25, 0.3) is 0 Å². The number of nitrogens with two attached hydrogens (primary N) is 1. The molecular formula is C11H17NOS. The van der Waals surface area contributed by atoms with Gasteiger partial charge in [-0.1, -0.05) is 0 Å². The van der Waals surface area contributed by atoms with Crippen LogP contribution in [0, 0.1) is 6.92 Å². The number of hydrogen-bond acceptors (Lipinski definition) is 3. The minimum Gasteiger partial charge on any atom is -0.385 e. The molecule has 1 aromatic rings. The molecule has 1 heterocycles. The number of rotatable bonds is 1. The molecule has 0 bridgehead atoms. The zero-order valence-corrected chi connectivity index (χ0v) is 9.31. The van der Waals surface area contributed by atoms with Crippen molar-refractivity contribution in [1.82, 2.24) is 0 Å². The summed E-state index contributed by atoms with van der Waals surface area (Å²) in [5.41, 5.74) is 6.32. The molecule has 0 spiro atoms. The minimum absolute atomic E-state index is 0.287. The predicted octanol–water partition coefficient (Wildman–Crippen LogP) is 2.15. The Bertz CT molecular complexity index is 313. The molecule has 2 nitrogen and oxygen atoms in total. The Hall–Kier alpha value is -0.380. The van der Waals surface area contributed by atoms with E-state index in [1.54, 1.807) is 11.3 Å². The lowest BCUT2D eigenvalue weighted by Crippen LogP contribution is -2.36. The van der Waals surface area contributed by atoms with Gasteiger partial charge in [-0.05, 0) is 49.6 Å². The van der Waals surface area contributed by atoms with Crippen LogP contribution >= 0.6 is 11.3 Å². The van der Waals surface area contributed by atoms with Crippen molar-refractivity contribution in [3.63, 3.8) is 0 Å². The third-order valence-corrected chi connectivity index (χ3v) is 3.99. The quantitative estimate of drug-likeness (QED) is 0.747. The lowest BCUT2D eigenvalue weighted by molar-refractivity contribution is -0.00460. The lowest BCUT2D eigenvalue weighted by atomic mass is 9.79. The van der Waals surface area contributed by atoms with E-state index in [0.717, 1.165) is 31.2 Å². The number of hydrogen-bond donors (Lipinski definition) is 2. The molecule has 0 radical (unpaired) electrons. The van der Waals surface area contributed by atoms with E-state index < -0.39 is 5.60 Å². The molecule has 3 heteroatoms. The van der Waals surface area contributed by atoms with Gasteiger partial charge in [0.2, 0.25) is 0 Å². The van der Waals surface area contributed by atoms with Gasteiger partial charge in [-0.2, -0.15) is 0 Å². The maximum absolute atomic E-state index is 10.4. The molecule has 3 N–H and O–H groups in total. The Morgan fingerprint density at radius 2 is 2.14 bits per heavy atom. The number of thiophene rings is 1. The molecule has 14 heavy (non-hydrogen) atoms. The fourth-order valence-electron chi connectivity index (χ4n) is 2.09. The molecule has 1 aromatic heterocycles. The van der Waals surface area contributed by atoms with Crippen LogP contribution < -0.4 is 5.73 Å². The first-order valence-electron chi connectivity index (χ1n) is 5.14. The van der Waals surface area contributed by atoms with Crippen LogP contribution in [0.2, 0.25) is 0 Å². The molecule has 78 valence electrons. The van der Waals surface area contributed by atoms with Gasteiger partial charge in [0.25, 0.3) is 0 Å². The summed E-state index contributed by atoms with van der Waals surface area (Å²) in [7, 11) is 0. The highest BCUT2D eigenvalue weighted by molar-refractivity contribution is 7.10. The fraction of sp³-hybridized carbons (Fsp3) is 0.636. The highest BCUT2D eigenvalue weighted by atomic mass is 32.1. The first kappa shape index (κ1) is 10.1. The summed E-state index contributed by atoms with van der Waals surface area (Å²) in [6.07, 6.45) is 3.49. The highest BCUT2D eigenvalue weighted by Crippen LogP contribution is 2.38. The molecule has 1 aliphatic rings. The van der Waals surface area contributed by atoms with E-state index in [2.05, 4.69) is 18.4 Å². The van der Waals surface area contributed by atoms with Crippen LogP contribution in [-0.2, 0) is 5.60 Å². The third-order valence-electron chi connectivity index (χ3n) is 3.13. The number of aliphatic hydroxyl groups is 1.